The normalized spacial score (nSPS) is 17.6. The summed E-state index contributed by atoms with van der Waals surface area (Å²) in [6.07, 6.45) is 1.91. The van der Waals surface area contributed by atoms with E-state index in [1.165, 1.54) is 5.56 Å². The molecule has 1 aliphatic heterocycles. The molecule has 2 N–H and O–H groups in total. The van der Waals surface area contributed by atoms with E-state index in [4.69, 9.17) is 4.74 Å². The third-order valence-corrected chi connectivity index (χ3v) is 3.86. The summed E-state index contributed by atoms with van der Waals surface area (Å²) in [6, 6.07) is 9.32. The van der Waals surface area contributed by atoms with Crippen LogP contribution in [0.1, 0.15) is 29.4 Å². The van der Waals surface area contributed by atoms with Gasteiger partial charge in [-0.3, -0.25) is 0 Å². The molecule has 0 aliphatic carbocycles. The summed E-state index contributed by atoms with van der Waals surface area (Å²) in [5.41, 5.74) is 2.25. The van der Waals surface area contributed by atoms with Crippen LogP contribution in [0.2, 0.25) is 0 Å². The molecule has 1 aliphatic rings. The van der Waals surface area contributed by atoms with Crippen molar-refractivity contribution in [3.05, 3.63) is 47.4 Å². The molecule has 0 spiro atoms. The fourth-order valence-corrected chi connectivity index (χ4v) is 2.66. The molecule has 1 aromatic heterocycles. The molecule has 1 unspecified atom stereocenters. The average Bonchev–Trinajstić information content (AvgIpc) is 3.03. The predicted octanol–water partition coefficient (Wildman–Crippen LogP) is 2.65. The van der Waals surface area contributed by atoms with Crippen molar-refractivity contribution >= 4 is 5.82 Å². The Kier molecular flexibility index (Phi) is 4.53. The lowest BCUT2D eigenvalue weighted by Gasteiger charge is -2.11. The first-order chi connectivity index (χ1) is 10.7. The largest absolute Gasteiger partial charge is 0.508 e. The van der Waals surface area contributed by atoms with Crippen molar-refractivity contribution in [2.24, 2.45) is 0 Å². The summed E-state index contributed by atoms with van der Waals surface area (Å²) >= 11 is 0. The number of ether oxygens (including phenoxy) is 1. The van der Waals surface area contributed by atoms with Crippen LogP contribution < -0.4 is 5.32 Å². The number of phenols is 1. The van der Waals surface area contributed by atoms with Crippen LogP contribution >= 0.6 is 0 Å². The molecular formula is C17H21N3O2. The number of benzene rings is 1. The van der Waals surface area contributed by atoms with Gasteiger partial charge >= 0.3 is 0 Å². The summed E-state index contributed by atoms with van der Waals surface area (Å²) in [6.45, 7) is 4.28. The molecule has 0 amide bonds. The van der Waals surface area contributed by atoms with Gasteiger partial charge in [-0.15, -0.1) is 0 Å². The maximum atomic E-state index is 9.28. The number of rotatable bonds is 5. The van der Waals surface area contributed by atoms with Crippen LogP contribution in [0.5, 0.6) is 5.75 Å². The maximum Gasteiger partial charge on any atom is 0.129 e. The van der Waals surface area contributed by atoms with Crippen molar-refractivity contribution < 1.29 is 9.84 Å². The summed E-state index contributed by atoms with van der Waals surface area (Å²) in [5.74, 6) is 2.34. The Morgan fingerprint density at radius 1 is 1.27 bits per heavy atom. The number of phenolic OH excluding ortho intramolecular Hbond substituents is 1. The molecule has 1 saturated heterocycles. The third kappa shape index (κ3) is 3.74. The minimum atomic E-state index is 0.298. The molecule has 2 aromatic rings. The smallest absolute Gasteiger partial charge is 0.129 e. The van der Waals surface area contributed by atoms with E-state index in [0.717, 1.165) is 49.9 Å². The van der Waals surface area contributed by atoms with Gasteiger partial charge in [-0.2, -0.15) is 0 Å². The van der Waals surface area contributed by atoms with Crippen LogP contribution in [0.25, 0.3) is 0 Å². The van der Waals surface area contributed by atoms with Gasteiger partial charge in [-0.05, 0) is 37.5 Å². The molecule has 2 heterocycles. The fourth-order valence-electron chi connectivity index (χ4n) is 2.66. The highest BCUT2D eigenvalue weighted by Gasteiger charge is 2.20. The Labute approximate surface area is 130 Å². The third-order valence-electron chi connectivity index (χ3n) is 3.86. The quantitative estimate of drug-likeness (QED) is 0.888. The highest BCUT2D eigenvalue weighted by molar-refractivity contribution is 5.37. The van der Waals surface area contributed by atoms with Crippen LogP contribution in [0, 0.1) is 6.92 Å². The van der Waals surface area contributed by atoms with Crippen molar-refractivity contribution in [3.63, 3.8) is 0 Å². The Bertz CT molecular complexity index is 622. The molecule has 5 nitrogen and oxygen atoms in total. The minimum Gasteiger partial charge on any atom is -0.508 e. The van der Waals surface area contributed by atoms with Gasteiger partial charge in [0.1, 0.15) is 17.4 Å². The minimum absolute atomic E-state index is 0.298. The van der Waals surface area contributed by atoms with E-state index < -0.39 is 0 Å². The number of anilines is 1. The molecule has 1 atom stereocenters. The SMILES string of the molecule is Cc1nc(NCCc2ccc(O)cc2)cc(C2CCOC2)n1. The van der Waals surface area contributed by atoms with Gasteiger partial charge in [-0.1, -0.05) is 12.1 Å². The number of nitrogens with one attached hydrogen (secondary N) is 1. The Hall–Kier alpha value is -2.14. The Balaban J connectivity index is 1.61. The lowest BCUT2D eigenvalue weighted by Crippen LogP contribution is -2.10. The highest BCUT2D eigenvalue weighted by atomic mass is 16.5. The summed E-state index contributed by atoms with van der Waals surface area (Å²) in [4.78, 5) is 8.98. The van der Waals surface area contributed by atoms with Crippen LogP contribution in [-0.4, -0.2) is 34.8 Å². The monoisotopic (exact) mass is 299 g/mol. The molecule has 0 bridgehead atoms. The predicted molar refractivity (Wildman–Crippen MR) is 85.2 cm³/mol. The standard InChI is InChI=1S/C17H21N3O2/c1-12-19-16(14-7-9-22-11-14)10-17(20-12)18-8-6-13-2-4-15(21)5-3-13/h2-5,10,14,21H,6-9,11H2,1H3,(H,18,19,20). The van der Waals surface area contributed by atoms with Gasteiger partial charge in [-0.25, -0.2) is 9.97 Å². The van der Waals surface area contributed by atoms with Crippen molar-refractivity contribution in [3.8, 4) is 5.75 Å². The highest BCUT2D eigenvalue weighted by Crippen LogP contribution is 2.25. The van der Waals surface area contributed by atoms with Crippen LogP contribution in [0.15, 0.2) is 30.3 Å². The zero-order valence-corrected chi connectivity index (χ0v) is 12.7. The van der Waals surface area contributed by atoms with Gasteiger partial charge in [0, 0.05) is 25.1 Å². The van der Waals surface area contributed by atoms with Crippen molar-refractivity contribution in [1.29, 1.82) is 0 Å². The van der Waals surface area contributed by atoms with Gasteiger partial charge in [0.05, 0.1) is 12.3 Å². The number of aryl methyl sites for hydroxylation is 1. The van der Waals surface area contributed by atoms with Gasteiger partial charge in [0.2, 0.25) is 0 Å². The molecule has 0 radical (unpaired) electrons. The van der Waals surface area contributed by atoms with Crippen LogP contribution in [0.3, 0.4) is 0 Å². The molecule has 0 saturated carbocycles. The second-order valence-electron chi connectivity index (χ2n) is 5.63. The molecular weight excluding hydrogens is 278 g/mol. The molecule has 3 rings (SSSR count). The second-order valence-corrected chi connectivity index (χ2v) is 5.63. The van der Waals surface area contributed by atoms with E-state index in [2.05, 4.69) is 15.3 Å². The van der Waals surface area contributed by atoms with Crippen LogP contribution in [-0.2, 0) is 11.2 Å². The number of hydrogen-bond acceptors (Lipinski definition) is 5. The number of aromatic nitrogens is 2. The zero-order chi connectivity index (χ0) is 15.4. The fraction of sp³-hybridized carbons (Fsp3) is 0.412. The van der Waals surface area contributed by atoms with Gasteiger partial charge in [0.15, 0.2) is 0 Å². The molecule has 1 fully saturated rings. The first-order valence-corrected chi connectivity index (χ1v) is 7.66. The molecule has 116 valence electrons. The van der Waals surface area contributed by atoms with Crippen LogP contribution in [0.4, 0.5) is 5.82 Å². The second kappa shape index (κ2) is 6.75. The number of aromatic hydroxyl groups is 1. The first-order valence-electron chi connectivity index (χ1n) is 7.66. The summed E-state index contributed by atoms with van der Waals surface area (Å²) in [5, 5.41) is 12.6. The van der Waals surface area contributed by atoms with Crippen molar-refractivity contribution in [1.82, 2.24) is 9.97 Å². The number of hydrogen-bond donors (Lipinski definition) is 2. The number of nitrogens with zero attached hydrogens (tertiary/aromatic N) is 2. The molecule has 22 heavy (non-hydrogen) atoms. The molecule has 5 heteroatoms. The zero-order valence-electron chi connectivity index (χ0n) is 12.7. The van der Waals surface area contributed by atoms with Crippen molar-refractivity contribution in [2.45, 2.75) is 25.7 Å². The lowest BCUT2D eigenvalue weighted by molar-refractivity contribution is 0.193. The molecule has 1 aromatic carbocycles. The lowest BCUT2D eigenvalue weighted by atomic mass is 10.0. The Morgan fingerprint density at radius 2 is 2.09 bits per heavy atom. The van der Waals surface area contributed by atoms with E-state index >= 15 is 0 Å². The van der Waals surface area contributed by atoms with E-state index in [1.807, 2.05) is 25.1 Å². The maximum absolute atomic E-state index is 9.28. The Morgan fingerprint density at radius 3 is 2.82 bits per heavy atom. The van der Waals surface area contributed by atoms with E-state index in [9.17, 15) is 5.11 Å². The first kappa shape index (κ1) is 14.8. The average molecular weight is 299 g/mol. The topological polar surface area (TPSA) is 67.3 Å². The van der Waals surface area contributed by atoms with Gasteiger partial charge in [0.25, 0.3) is 0 Å². The van der Waals surface area contributed by atoms with Crippen molar-refractivity contribution in [2.75, 3.05) is 25.1 Å². The van der Waals surface area contributed by atoms with Gasteiger partial charge < -0.3 is 15.2 Å². The van der Waals surface area contributed by atoms with E-state index in [1.54, 1.807) is 12.1 Å². The summed E-state index contributed by atoms with van der Waals surface area (Å²) in [7, 11) is 0. The summed E-state index contributed by atoms with van der Waals surface area (Å²) < 4.78 is 5.44. The van der Waals surface area contributed by atoms with E-state index in [0.29, 0.717) is 11.7 Å². The van der Waals surface area contributed by atoms with E-state index in [-0.39, 0.29) is 0 Å².